The van der Waals surface area contributed by atoms with E-state index in [0.717, 1.165) is 51.4 Å². The molecular weight excluding hydrogens is 461 g/mol. The predicted molar refractivity (Wildman–Crippen MR) is 120 cm³/mol. The molecule has 1 aromatic heterocycles. The lowest BCUT2D eigenvalue weighted by Gasteiger charge is -2.32. The maximum absolute atomic E-state index is 11.0. The molecule has 1 unspecified atom stereocenters. The highest BCUT2D eigenvalue weighted by atomic mass is 127. The summed E-state index contributed by atoms with van der Waals surface area (Å²) in [7, 11) is 0. The SMILES string of the molecule is CCNC(=NCC(C)Cc1cccs1)NC1CCN(CC(N)=O)CC1.I. The molecule has 2 rings (SSSR count). The molecule has 1 fully saturated rings. The van der Waals surface area contributed by atoms with Crippen LogP contribution in [0.2, 0.25) is 0 Å². The van der Waals surface area contributed by atoms with Crippen molar-refractivity contribution >= 4 is 47.2 Å². The Morgan fingerprint density at radius 1 is 1.46 bits per heavy atom. The van der Waals surface area contributed by atoms with E-state index in [4.69, 9.17) is 10.7 Å². The van der Waals surface area contributed by atoms with Crippen molar-refractivity contribution in [3.8, 4) is 0 Å². The van der Waals surface area contributed by atoms with Gasteiger partial charge in [-0.25, -0.2) is 0 Å². The predicted octanol–water partition coefficient (Wildman–Crippen LogP) is 2.05. The second-order valence-corrected chi connectivity index (χ2v) is 7.80. The van der Waals surface area contributed by atoms with Gasteiger partial charge in [-0.15, -0.1) is 35.3 Å². The van der Waals surface area contributed by atoms with Gasteiger partial charge in [0.15, 0.2) is 5.96 Å². The lowest BCUT2D eigenvalue weighted by molar-refractivity contribution is -0.119. The van der Waals surface area contributed by atoms with Crippen LogP contribution in [0, 0.1) is 5.92 Å². The molecule has 0 aliphatic carbocycles. The maximum Gasteiger partial charge on any atom is 0.231 e. The van der Waals surface area contributed by atoms with Gasteiger partial charge in [-0.05, 0) is 43.6 Å². The summed E-state index contributed by atoms with van der Waals surface area (Å²) >= 11 is 1.81. The maximum atomic E-state index is 11.0. The van der Waals surface area contributed by atoms with E-state index in [2.05, 4.69) is 46.9 Å². The van der Waals surface area contributed by atoms with E-state index in [1.54, 1.807) is 0 Å². The lowest BCUT2D eigenvalue weighted by atomic mass is 10.1. The first kappa shape index (κ1) is 23.2. The Labute approximate surface area is 178 Å². The van der Waals surface area contributed by atoms with Crippen LogP contribution in [-0.2, 0) is 11.2 Å². The fourth-order valence-corrected chi connectivity index (χ4v) is 3.92. The highest BCUT2D eigenvalue weighted by molar-refractivity contribution is 14.0. The smallest absolute Gasteiger partial charge is 0.231 e. The minimum Gasteiger partial charge on any atom is -0.369 e. The number of hydrogen-bond acceptors (Lipinski definition) is 4. The molecule has 4 N–H and O–H groups in total. The summed E-state index contributed by atoms with van der Waals surface area (Å²) in [6.45, 7) is 8.15. The molecule has 0 saturated carbocycles. The van der Waals surface area contributed by atoms with Crippen molar-refractivity contribution in [2.75, 3.05) is 32.7 Å². The number of rotatable bonds is 8. The van der Waals surface area contributed by atoms with Gasteiger partial charge in [0.05, 0.1) is 6.54 Å². The van der Waals surface area contributed by atoms with Gasteiger partial charge >= 0.3 is 0 Å². The van der Waals surface area contributed by atoms with E-state index in [9.17, 15) is 4.79 Å². The number of primary amides is 1. The number of halogens is 1. The van der Waals surface area contributed by atoms with Gasteiger partial charge in [0.25, 0.3) is 0 Å². The zero-order valence-electron chi connectivity index (χ0n) is 15.7. The molecule has 1 atom stereocenters. The second-order valence-electron chi connectivity index (χ2n) is 6.77. The normalized spacial score (nSPS) is 17.4. The number of carbonyl (C=O) groups excluding carboxylic acids is 1. The van der Waals surface area contributed by atoms with Gasteiger partial charge in [0, 0.05) is 37.1 Å². The fraction of sp³-hybridized carbons (Fsp3) is 0.667. The first-order valence-electron chi connectivity index (χ1n) is 9.14. The van der Waals surface area contributed by atoms with E-state index in [1.165, 1.54) is 4.88 Å². The highest BCUT2D eigenvalue weighted by Gasteiger charge is 2.20. The Hall–Kier alpha value is -0.870. The van der Waals surface area contributed by atoms with Crippen molar-refractivity contribution in [3.63, 3.8) is 0 Å². The topological polar surface area (TPSA) is 82.8 Å². The van der Waals surface area contributed by atoms with Crippen molar-refractivity contribution in [1.82, 2.24) is 15.5 Å². The summed E-state index contributed by atoms with van der Waals surface area (Å²) in [5.74, 6) is 1.17. The number of hydrogen-bond donors (Lipinski definition) is 3. The zero-order valence-corrected chi connectivity index (χ0v) is 18.9. The van der Waals surface area contributed by atoms with Crippen molar-refractivity contribution in [3.05, 3.63) is 22.4 Å². The van der Waals surface area contributed by atoms with Crippen LogP contribution in [0.1, 0.15) is 31.6 Å². The number of guanidine groups is 1. The van der Waals surface area contributed by atoms with E-state index in [0.29, 0.717) is 18.5 Å². The van der Waals surface area contributed by atoms with Crippen LogP contribution in [0.4, 0.5) is 0 Å². The molecule has 6 nitrogen and oxygen atoms in total. The van der Waals surface area contributed by atoms with Crippen LogP contribution >= 0.6 is 35.3 Å². The van der Waals surface area contributed by atoms with Gasteiger partial charge in [-0.1, -0.05) is 13.0 Å². The Kier molecular flexibility index (Phi) is 11.1. The average molecular weight is 493 g/mol. The van der Waals surface area contributed by atoms with Crippen LogP contribution in [-0.4, -0.2) is 55.5 Å². The van der Waals surface area contributed by atoms with Gasteiger partial charge < -0.3 is 16.4 Å². The first-order chi connectivity index (χ1) is 12.1. The molecule has 26 heavy (non-hydrogen) atoms. The Morgan fingerprint density at radius 2 is 2.19 bits per heavy atom. The molecule has 1 amide bonds. The summed E-state index contributed by atoms with van der Waals surface area (Å²) < 4.78 is 0. The van der Waals surface area contributed by atoms with Crippen LogP contribution < -0.4 is 16.4 Å². The number of aliphatic imine (C=N–C) groups is 1. The number of nitrogens with one attached hydrogen (secondary N) is 2. The molecule has 1 aliphatic heterocycles. The second kappa shape index (κ2) is 12.5. The zero-order chi connectivity index (χ0) is 18.1. The quantitative estimate of drug-likeness (QED) is 0.294. The third kappa shape index (κ3) is 8.68. The number of thiophene rings is 1. The number of likely N-dealkylation sites (tertiary alicyclic amines) is 1. The summed E-state index contributed by atoms with van der Waals surface area (Å²) in [6, 6.07) is 4.69. The third-order valence-corrected chi connectivity index (χ3v) is 5.24. The summed E-state index contributed by atoms with van der Waals surface area (Å²) in [6.07, 6.45) is 3.08. The van der Waals surface area contributed by atoms with E-state index >= 15 is 0 Å². The van der Waals surface area contributed by atoms with E-state index < -0.39 is 0 Å². The Bertz CT molecular complexity index is 544. The van der Waals surface area contributed by atoms with Crippen LogP contribution in [0.3, 0.4) is 0 Å². The molecule has 1 saturated heterocycles. The van der Waals surface area contributed by atoms with E-state index in [-0.39, 0.29) is 29.9 Å². The Balaban J connectivity index is 0.00000338. The molecule has 0 spiro atoms. The number of carbonyl (C=O) groups is 1. The van der Waals surface area contributed by atoms with Crippen molar-refractivity contribution < 1.29 is 4.79 Å². The standard InChI is InChI=1S/C18H31N5OS.HI/c1-3-20-18(21-12-14(2)11-16-5-4-10-25-16)22-15-6-8-23(9-7-15)13-17(19)24;/h4-5,10,14-15H,3,6-9,11-13H2,1-2H3,(H2,19,24)(H2,20,21,22);1H. The molecule has 1 aromatic rings. The van der Waals surface area contributed by atoms with Crippen molar-refractivity contribution in [1.29, 1.82) is 0 Å². The van der Waals surface area contributed by atoms with Gasteiger partial charge in [-0.2, -0.15) is 0 Å². The minimum absolute atomic E-state index is 0. The van der Waals surface area contributed by atoms with Crippen LogP contribution in [0.15, 0.2) is 22.5 Å². The van der Waals surface area contributed by atoms with Crippen molar-refractivity contribution in [2.45, 2.75) is 39.2 Å². The molecular formula is C18H32IN5OS. The summed E-state index contributed by atoms with van der Waals surface area (Å²) in [5, 5.41) is 9.01. The summed E-state index contributed by atoms with van der Waals surface area (Å²) in [4.78, 5) is 19.3. The first-order valence-corrected chi connectivity index (χ1v) is 10.0. The number of nitrogens with two attached hydrogens (primary N) is 1. The molecule has 148 valence electrons. The fourth-order valence-electron chi connectivity index (χ4n) is 3.05. The van der Waals surface area contributed by atoms with Crippen LogP contribution in [0.25, 0.3) is 0 Å². The molecule has 8 heteroatoms. The van der Waals surface area contributed by atoms with Gasteiger partial charge in [0.1, 0.15) is 0 Å². The van der Waals surface area contributed by atoms with Gasteiger partial charge in [-0.3, -0.25) is 14.7 Å². The molecule has 1 aliphatic rings. The van der Waals surface area contributed by atoms with Crippen molar-refractivity contribution in [2.24, 2.45) is 16.6 Å². The Morgan fingerprint density at radius 3 is 2.77 bits per heavy atom. The number of piperidine rings is 1. The third-order valence-electron chi connectivity index (χ3n) is 4.34. The average Bonchev–Trinajstić information content (AvgIpc) is 3.07. The van der Waals surface area contributed by atoms with E-state index in [1.807, 2.05) is 11.3 Å². The molecule has 0 bridgehead atoms. The van der Waals surface area contributed by atoms with Gasteiger partial charge in [0.2, 0.25) is 5.91 Å². The molecule has 0 aromatic carbocycles. The molecule has 0 radical (unpaired) electrons. The number of amides is 1. The summed E-state index contributed by atoms with van der Waals surface area (Å²) in [5.41, 5.74) is 5.27. The minimum atomic E-state index is -0.249. The highest BCUT2D eigenvalue weighted by Crippen LogP contribution is 2.14. The largest absolute Gasteiger partial charge is 0.369 e. The molecule has 2 heterocycles. The number of nitrogens with zero attached hydrogens (tertiary/aromatic N) is 2. The monoisotopic (exact) mass is 493 g/mol. The lowest BCUT2D eigenvalue weighted by Crippen LogP contribution is -2.49. The van der Waals surface area contributed by atoms with Crippen LogP contribution in [0.5, 0.6) is 0 Å².